The van der Waals surface area contributed by atoms with Crippen molar-refractivity contribution in [2.24, 2.45) is 0 Å². The zero-order valence-electron chi connectivity index (χ0n) is 12.3. The maximum atomic E-state index is 5.99. The van der Waals surface area contributed by atoms with Crippen LogP contribution in [0.4, 0.5) is 0 Å². The molecule has 0 saturated heterocycles. The molecule has 1 heterocycles. The van der Waals surface area contributed by atoms with Crippen molar-refractivity contribution in [2.45, 2.75) is 42.4 Å². The quantitative estimate of drug-likeness (QED) is 0.420. The highest BCUT2D eigenvalue weighted by molar-refractivity contribution is 8.01. The van der Waals surface area contributed by atoms with E-state index in [9.17, 15) is 0 Å². The van der Waals surface area contributed by atoms with Crippen LogP contribution in [0.5, 0.6) is 11.5 Å². The number of hydrogen-bond acceptors (Lipinski definition) is 1. The molecule has 2 aromatic rings. The van der Waals surface area contributed by atoms with Gasteiger partial charge in [-0.1, -0.05) is 44.0 Å². The predicted molar refractivity (Wildman–Crippen MR) is 88.8 cm³/mol. The molecule has 0 saturated carbocycles. The molecule has 2 heteroatoms. The molecular formula is C19H19OS+. The fourth-order valence-electron chi connectivity index (χ4n) is 2.34. The zero-order valence-corrected chi connectivity index (χ0v) is 13.1. The van der Waals surface area contributed by atoms with Crippen molar-refractivity contribution < 1.29 is 4.74 Å². The van der Waals surface area contributed by atoms with E-state index >= 15 is 0 Å². The molecule has 0 amide bonds. The first kappa shape index (κ1) is 14.1. The minimum atomic E-state index is -0.186. The number of hydrogen-bond donors (Lipinski definition) is 0. The monoisotopic (exact) mass is 295 g/mol. The molecule has 0 aliphatic carbocycles. The lowest BCUT2D eigenvalue weighted by molar-refractivity contribution is 0.453. The zero-order chi connectivity index (χ0) is 14.5. The third-order valence-electron chi connectivity index (χ3n) is 3.44. The number of para-hydroxylation sites is 2. The van der Waals surface area contributed by atoms with E-state index in [4.69, 9.17) is 4.74 Å². The molecular weight excluding hydrogens is 276 g/mol. The van der Waals surface area contributed by atoms with E-state index in [2.05, 4.69) is 42.4 Å². The number of rotatable bonds is 3. The Balaban J connectivity index is 1.91. The first-order valence-electron chi connectivity index (χ1n) is 7.49. The second kappa shape index (κ2) is 6.74. The summed E-state index contributed by atoms with van der Waals surface area (Å²) in [4.78, 5) is 2.42. The van der Waals surface area contributed by atoms with E-state index < -0.39 is 0 Å². The van der Waals surface area contributed by atoms with Crippen LogP contribution in [0.2, 0.25) is 0 Å². The van der Waals surface area contributed by atoms with E-state index in [1.165, 1.54) is 29.1 Å². The fraction of sp³-hybridized carbons (Fsp3) is 0.263. The van der Waals surface area contributed by atoms with Gasteiger partial charge in [0.1, 0.15) is 0 Å². The molecule has 1 aliphatic rings. The Morgan fingerprint density at radius 1 is 0.905 bits per heavy atom. The minimum absolute atomic E-state index is 0.186. The summed E-state index contributed by atoms with van der Waals surface area (Å²) in [7, 11) is -0.186. The summed E-state index contributed by atoms with van der Waals surface area (Å²) in [6, 6.07) is 16.5. The van der Waals surface area contributed by atoms with Crippen molar-refractivity contribution in [1.29, 1.82) is 0 Å². The number of unbranched alkanes of at least 4 members (excludes halogenated alkanes) is 3. The lowest BCUT2D eigenvalue weighted by Crippen LogP contribution is -2.09. The Morgan fingerprint density at radius 3 is 2.14 bits per heavy atom. The molecule has 1 nitrogen and oxygen atoms in total. The smallest absolute Gasteiger partial charge is 0.218 e. The molecule has 1 aliphatic heterocycles. The van der Waals surface area contributed by atoms with Crippen molar-refractivity contribution in [3.63, 3.8) is 0 Å². The van der Waals surface area contributed by atoms with Crippen LogP contribution < -0.4 is 4.74 Å². The van der Waals surface area contributed by atoms with Crippen molar-refractivity contribution in [2.75, 3.05) is 0 Å². The molecule has 0 unspecified atom stereocenters. The van der Waals surface area contributed by atoms with Crippen LogP contribution in [-0.4, -0.2) is 0 Å². The third kappa shape index (κ3) is 3.09. The predicted octanol–water partition coefficient (Wildman–Crippen LogP) is 5.37. The van der Waals surface area contributed by atoms with Gasteiger partial charge >= 0.3 is 0 Å². The van der Waals surface area contributed by atoms with Crippen LogP contribution in [0, 0.1) is 11.2 Å². The van der Waals surface area contributed by atoms with E-state index in [-0.39, 0.29) is 10.9 Å². The van der Waals surface area contributed by atoms with Gasteiger partial charge in [-0.2, -0.15) is 0 Å². The van der Waals surface area contributed by atoms with Gasteiger partial charge in [-0.15, -0.1) is 0 Å². The fourth-order valence-corrected chi connectivity index (χ4v) is 4.09. The molecule has 0 N–H and O–H groups in total. The molecule has 0 aromatic heterocycles. The van der Waals surface area contributed by atoms with Gasteiger partial charge in [0.25, 0.3) is 0 Å². The van der Waals surface area contributed by atoms with Crippen molar-refractivity contribution in [3.05, 3.63) is 48.5 Å². The van der Waals surface area contributed by atoms with Gasteiger partial charge in [0.15, 0.2) is 27.6 Å². The van der Waals surface area contributed by atoms with Gasteiger partial charge < -0.3 is 4.74 Å². The second-order valence-electron chi connectivity index (χ2n) is 5.04. The Morgan fingerprint density at radius 2 is 1.52 bits per heavy atom. The standard InChI is InChI=1S/C19H19OS/c1-2-3-4-5-10-15-21-18-13-8-6-11-16(18)20-17-12-7-9-14-19(17)21/h6-9,11-14H,2-5H2,1H3/q+1. The van der Waals surface area contributed by atoms with Gasteiger partial charge in [0.2, 0.25) is 9.79 Å². The van der Waals surface area contributed by atoms with E-state index in [0.717, 1.165) is 17.9 Å². The number of fused-ring (bicyclic) bond motifs is 2. The summed E-state index contributed by atoms with van der Waals surface area (Å²) in [5.74, 6) is 5.27. The van der Waals surface area contributed by atoms with Gasteiger partial charge in [0.05, 0.1) is 0 Å². The Labute approximate surface area is 129 Å². The van der Waals surface area contributed by atoms with Crippen LogP contribution in [0.1, 0.15) is 32.6 Å². The van der Waals surface area contributed by atoms with E-state index in [1.807, 2.05) is 24.3 Å². The Bertz CT molecular complexity index is 636. The Hall–Kier alpha value is -1.85. The van der Waals surface area contributed by atoms with Crippen LogP contribution >= 0.6 is 0 Å². The maximum absolute atomic E-state index is 5.99. The summed E-state index contributed by atoms with van der Waals surface area (Å²) in [6.07, 6.45) is 4.69. The highest BCUT2D eigenvalue weighted by atomic mass is 32.2. The normalized spacial score (nSPS) is 12.6. The van der Waals surface area contributed by atoms with Gasteiger partial charge in [0, 0.05) is 6.42 Å². The lowest BCUT2D eigenvalue weighted by Gasteiger charge is -2.16. The first-order valence-corrected chi connectivity index (χ1v) is 8.71. The molecule has 0 radical (unpaired) electrons. The highest BCUT2D eigenvalue weighted by Gasteiger charge is 2.36. The minimum Gasteiger partial charge on any atom is -0.447 e. The Kier molecular flexibility index (Phi) is 4.52. The maximum Gasteiger partial charge on any atom is 0.218 e. The van der Waals surface area contributed by atoms with Crippen molar-refractivity contribution in [3.8, 4) is 22.7 Å². The van der Waals surface area contributed by atoms with Gasteiger partial charge in [-0.05, 0) is 36.6 Å². The molecule has 3 rings (SSSR count). The first-order chi connectivity index (χ1) is 10.4. The van der Waals surface area contributed by atoms with Gasteiger partial charge in [-0.25, -0.2) is 0 Å². The van der Waals surface area contributed by atoms with E-state index in [1.54, 1.807) is 0 Å². The van der Waals surface area contributed by atoms with Crippen LogP contribution in [0.3, 0.4) is 0 Å². The third-order valence-corrected chi connectivity index (χ3v) is 5.34. The molecule has 0 atom stereocenters. The molecule has 0 fully saturated rings. The topological polar surface area (TPSA) is 9.23 Å². The average Bonchev–Trinajstić information content (AvgIpc) is 2.53. The summed E-state index contributed by atoms with van der Waals surface area (Å²) in [5.41, 5.74) is 0. The molecule has 21 heavy (non-hydrogen) atoms. The summed E-state index contributed by atoms with van der Waals surface area (Å²) in [5, 5.41) is 3.49. The molecule has 0 spiro atoms. The highest BCUT2D eigenvalue weighted by Crippen LogP contribution is 2.42. The summed E-state index contributed by atoms with van der Waals surface area (Å²) < 4.78 is 5.99. The average molecular weight is 295 g/mol. The van der Waals surface area contributed by atoms with Crippen LogP contribution in [0.15, 0.2) is 58.3 Å². The van der Waals surface area contributed by atoms with Crippen LogP contribution in [0.25, 0.3) is 0 Å². The van der Waals surface area contributed by atoms with Crippen molar-refractivity contribution in [1.82, 2.24) is 0 Å². The number of benzene rings is 2. The van der Waals surface area contributed by atoms with Gasteiger partial charge in [-0.3, -0.25) is 0 Å². The number of ether oxygens (including phenoxy) is 1. The summed E-state index contributed by atoms with van der Waals surface area (Å²) in [6.45, 7) is 2.22. The summed E-state index contributed by atoms with van der Waals surface area (Å²) >= 11 is 0. The SMILES string of the molecule is CCCCCC#C[S+]1c2ccccc2Oc2ccccc21. The molecule has 0 bridgehead atoms. The second-order valence-corrected chi connectivity index (χ2v) is 6.73. The lowest BCUT2D eigenvalue weighted by atomic mass is 10.2. The molecule has 106 valence electrons. The van der Waals surface area contributed by atoms with Crippen molar-refractivity contribution >= 4 is 10.9 Å². The van der Waals surface area contributed by atoms with E-state index in [0.29, 0.717) is 0 Å². The van der Waals surface area contributed by atoms with Crippen LogP contribution in [-0.2, 0) is 10.9 Å². The largest absolute Gasteiger partial charge is 0.447 e. The molecule has 2 aromatic carbocycles.